The molecule has 0 unspecified atom stereocenters. The summed E-state index contributed by atoms with van der Waals surface area (Å²) in [6.45, 7) is 2.56. The van der Waals surface area contributed by atoms with Crippen molar-refractivity contribution in [1.82, 2.24) is 10.6 Å². The Labute approximate surface area is 163 Å². The van der Waals surface area contributed by atoms with Crippen LogP contribution in [-0.2, 0) is 28.7 Å². The zero-order chi connectivity index (χ0) is 21.2. The van der Waals surface area contributed by atoms with Crippen LogP contribution in [0.2, 0.25) is 0 Å². The molecule has 1 aliphatic rings. The van der Waals surface area contributed by atoms with E-state index < -0.39 is 54.5 Å². The summed E-state index contributed by atoms with van der Waals surface area (Å²) >= 11 is 0. The number of amides is 2. The first-order valence-corrected chi connectivity index (χ1v) is 9.53. The summed E-state index contributed by atoms with van der Waals surface area (Å²) in [7, 11) is 0. The molecule has 0 aromatic rings. The van der Waals surface area contributed by atoms with E-state index in [2.05, 4.69) is 10.6 Å². The van der Waals surface area contributed by atoms with Gasteiger partial charge < -0.3 is 30.3 Å². The molecule has 10 heteroatoms. The van der Waals surface area contributed by atoms with Gasteiger partial charge in [-0.15, -0.1) is 0 Å². The van der Waals surface area contributed by atoms with E-state index in [1.807, 2.05) is 0 Å². The lowest BCUT2D eigenvalue weighted by atomic mass is 9.67. The zero-order valence-electron chi connectivity index (χ0n) is 16.4. The zero-order valence-corrected chi connectivity index (χ0v) is 16.4. The number of aliphatic hydroxyl groups is 2. The Hall–Kier alpha value is -2.20. The molecule has 0 radical (unpaired) electrons. The maximum Gasteiger partial charge on any atom is 0.331 e. The Morgan fingerprint density at radius 2 is 1.25 bits per heavy atom. The second-order valence-electron chi connectivity index (χ2n) is 6.69. The van der Waals surface area contributed by atoms with E-state index in [1.165, 1.54) is 0 Å². The number of rotatable bonds is 12. The van der Waals surface area contributed by atoms with E-state index in [0.717, 1.165) is 0 Å². The normalized spacial score (nSPS) is 16.9. The smallest absolute Gasteiger partial charge is 0.331 e. The highest BCUT2D eigenvalue weighted by molar-refractivity contribution is 6.07. The van der Waals surface area contributed by atoms with Crippen LogP contribution in [0.15, 0.2) is 0 Å². The largest absolute Gasteiger partial charge is 0.464 e. The molecule has 1 rings (SSSR count). The number of carbonyl (C=O) groups is 4. The summed E-state index contributed by atoms with van der Waals surface area (Å²) in [4.78, 5) is 49.1. The highest BCUT2D eigenvalue weighted by Gasteiger charge is 2.52. The van der Waals surface area contributed by atoms with Crippen LogP contribution in [0.5, 0.6) is 0 Å². The third kappa shape index (κ3) is 5.90. The molecule has 0 aromatic heterocycles. The SMILES string of the molecule is CCCOC(=O)[C@@H](CO)NC(=O)C1(C(=O)N[C@H](CO)C(=O)OCCC)CCC1. The molecule has 1 aliphatic carbocycles. The molecule has 1 fully saturated rings. The maximum absolute atomic E-state index is 12.7. The first-order chi connectivity index (χ1) is 13.4. The fourth-order valence-corrected chi connectivity index (χ4v) is 2.65. The van der Waals surface area contributed by atoms with Crippen molar-refractivity contribution < 1.29 is 38.9 Å². The van der Waals surface area contributed by atoms with Crippen molar-refractivity contribution in [2.45, 2.75) is 58.0 Å². The van der Waals surface area contributed by atoms with Gasteiger partial charge in [-0.05, 0) is 25.7 Å². The summed E-state index contributed by atoms with van der Waals surface area (Å²) in [5.74, 6) is -3.04. The number of carbonyl (C=O) groups excluding carboxylic acids is 4. The molecule has 160 valence electrons. The molecular formula is C18H30N2O8. The van der Waals surface area contributed by atoms with Crippen molar-refractivity contribution in [3.63, 3.8) is 0 Å². The third-order valence-corrected chi connectivity index (χ3v) is 4.52. The van der Waals surface area contributed by atoms with Crippen molar-refractivity contribution in [3.05, 3.63) is 0 Å². The lowest BCUT2D eigenvalue weighted by Gasteiger charge is -2.39. The van der Waals surface area contributed by atoms with E-state index in [1.54, 1.807) is 13.8 Å². The minimum atomic E-state index is -1.48. The number of esters is 2. The van der Waals surface area contributed by atoms with Crippen LogP contribution in [-0.4, -0.2) is 72.5 Å². The van der Waals surface area contributed by atoms with Gasteiger partial charge >= 0.3 is 11.9 Å². The van der Waals surface area contributed by atoms with Gasteiger partial charge in [0.15, 0.2) is 12.1 Å². The first-order valence-electron chi connectivity index (χ1n) is 9.53. The molecule has 0 aromatic carbocycles. The second-order valence-corrected chi connectivity index (χ2v) is 6.69. The minimum absolute atomic E-state index is 0.148. The van der Waals surface area contributed by atoms with Gasteiger partial charge in [0.1, 0.15) is 5.41 Å². The lowest BCUT2D eigenvalue weighted by molar-refractivity contribution is -0.158. The summed E-state index contributed by atoms with van der Waals surface area (Å²) in [5, 5.41) is 23.4. The highest BCUT2D eigenvalue weighted by Crippen LogP contribution is 2.41. The molecule has 10 nitrogen and oxygen atoms in total. The topological polar surface area (TPSA) is 151 Å². The molecule has 0 heterocycles. The Morgan fingerprint density at radius 1 is 0.857 bits per heavy atom. The maximum atomic E-state index is 12.7. The van der Waals surface area contributed by atoms with Gasteiger partial charge in [0.25, 0.3) is 0 Å². The summed E-state index contributed by atoms with van der Waals surface area (Å²) in [6.07, 6.45) is 2.21. The van der Waals surface area contributed by atoms with E-state index in [0.29, 0.717) is 19.3 Å². The van der Waals surface area contributed by atoms with E-state index in [-0.39, 0.29) is 26.1 Å². The van der Waals surface area contributed by atoms with Gasteiger partial charge in [-0.2, -0.15) is 0 Å². The van der Waals surface area contributed by atoms with E-state index in [9.17, 15) is 29.4 Å². The van der Waals surface area contributed by atoms with Gasteiger partial charge in [0.05, 0.1) is 26.4 Å². The van der Waals surface area contributed by atoms with Gasteiger partial charge in [0.2, 0.25) is 11.8 Å². The molecular weight excluding hydrogens is 372 g/mol. The van der Waals surface area contributed by atoms with Crippen molar-refractivity contribution in [2.24, 2.45) is 5.41 Å². The first kappa shape index (κ1) is 23.8. The average Bonchev–Trinajstić information content (AvgIpc) is 2.65. The van der Waals surface area contributed by atoms with Gasteiger partial charge in [-0.25, -0.2) is 9.59 Å². The predicted octanol–water partition coefficient (Wildman–Crippen LogP) is -0.983. The Kier molecular flexibility index (Phi) is 9.88. The fourth-order valence-electron chi connectivity index (χ4n) is 2.65. The van der Waals surface area contributed by atoms with E-state index >= 15 is 0 Å². The number of hydrogen-bond donors (Lipinski definition) is 4. The van der Waals surface area contributed by atoms with Crippen molar-refractivity contribution >= 4 is 23.8 Å². The molecule has 2 atom stereocenters. The van der Waals surface area contributed by atoms with Crippen LogP contribution in [0.25, 0.3) is 0 Å². The van der Waals surface area contributed by atoms with Crippen LogP contribution in [0.4, 0.5) is 0 Å². The molecule has 2 amide bonds. The average molecular weight is 402 g/mol. The molecule has 0 bridgehead atoms. The fraction of sp³-hybridized carbons (Fsp3) is 0.778. The van der Waals surface area contributed by atoms with Crippen LogP contribution >= 0.6 is 0 Å². The standard InChI is InChI=1S/C18H30N2O8/c1-3-8-27-14(23)12(10-21)19-16(25)18(6-5-7-18)17(26)20-13(11-22)15(24)28-9-4-2/h12-13,21-22H,3-11H2,1-2H3,(H,19,25)(H,20,26)/t12-,13-/m1/s1. The second kappa shape index (κ2) is 11.6. The Bertz CT molecular complexity index is 518. The summed E-state index contributed by atoms with van der Waals surface area (Å²) in [5.41, 5.74) is -1.48. The molecule has 0 saturated heterocycles. The molecule has 1 saturated carbocycles. The van der Waals surface area contributed by atoms with Crippen LogP contribution in [0.3, 0.4) is 0 Å². The molecule has 0 aliphatic heterocycles. The molecule has 0 spiro atoms. The number of nitrogens with one attached hydrogen (secondary N) is 2. The monoisotopic (exact) mass is 402 g/mol. The lowest BCUT2D eigenvalue weighted by Crippen LogP contribution is -2.61. The quantitative estimate of drug-likeness (QED) is 0.240. The number of aliphatic hydroxyl groups excluding tert-OH is 2. The van der Waals surface area contributed by atoms with Gasteiger partial charge in [-0.3, -0.25) is 9.59 Å². The third-order valence-electron chi connectivity index (χ3n) is 4.52. The van der Waals surface area contributed by atoms with Gasteiger partial charge in [-0.1, -0.05) is 20.3 Å². The van der Waals surface area contributed by atoms with Crippen molar-refractivity contribution in [3.8, 4) is 0 Å². The minimum Gasteiger partial charge on any atom is -0.464 e. The summed E-state index contributed by atoms with van der Waals surface area (Å²) in [6, 6.07) is -2.57. The van der Waals surface area contributed by atoms with Crippen LogP contribution in [0, 0.1) is 5.41 Å². The summed E-state index contributed by atoms with van der Waals surface area (Å²) < 4.78 is 9.82. The Balaban J connectivity index is 2.78. The predicted molar refractivity (Wildman–Crippen MR) is 96.8 cm³/mol. The van der Waals surface area contributed by atoms with Crippen LogP contribution in [0.1, 0.15) is 46.0 Å². The number of hydrogen-bond acceptors (Lipinski definition) is 8. The van der Waals surface area contributed by atoms with Crippen LogP contribution < -0.4 is 10.6 Å². The van der Waals surface area contributed by atoms with Gasteiger partial charge in [0, 0.05) is 0 Å². The highest BCUT2D eigenvalue weighted by atomic mass is 16.5. The van der Waals surface area contributed by atoms with E-state index in [4.69, 9.17) is 9.47 Å². The van der Waals surface area contributed by atoms with Crippen molar-refractivity contribution in [2.75, 3.05) is 26.4 Å². The molecule has 4 N–H and O–H groups in total. The number of ether oxygens (including phenoxy) is 2. The molecule has 28 heavy (non-hydrogen) atoms. The van der Waals surface area contributed by atoms with Crippen molar-refractivity contribution in [1.29, 1.82) is 0 Å². The Morgan fingerprint density at radius 3 is 1.50 bits per heavy atom.